The standard InChI is InChI=1S/C16H19F2N5O5/c17-11(18)7-20-16(27)22-13(14(19)25)15(26)21-9-1-3-10(4-2-9)23-5-6-28-8-12(23)24/h1-4,11,13H,5-8H2,(H2,19,25)(H,21,26)(H2,20,22,27)/t13-/m1/s1. The normalized spacial score (nSPS) is 15.1. The Kier molecular flexibility index (Phi) is 7.21. The van der Waals surface area contributed by atoms with E-state index in [0.717, 1.165) is 0 Å². The largest absolute Gasteiger partial charge is 0.370 e. The predicted octanol–water partition coefficient (Wildman–Crippen LogP) is -0.594. The van der Waals surface area contributed by atoms with Gasteiger partial charge in [-0.2, -0.15) is 0 Å². The number of hydrogen-bond donors (Lipinski definition) is 4. The van der Waals surface area contributed by atoms with Crippen LogP contribution in [0.1, 0.15) is 0 Å². The molecule has 152 valence electrons. The quantitative estimate of drug-likeness (QED) is 0.453. The molecule has 2 rings (SSSR count). The summed E-state index contributed by atoms with van der Waals surface area (Å²) in [6.07, 6.45) is -2.79. The number of amides is 5. The van der Waals surface area contributed by atoms with E-state index >= 15 is 0 Å². The zero-order chi connectivity index (χ0) is 20.7. The molecule has 0 aromatic heterocycles. The Bertz CT molecular complexity index is 743. The number of primary amides is 1. The summed E-state index contributed by atoms with van der Waals surface area (Å²) in [5.74, 6) is -2.31. The van der Waals surface area contributed by atoms with Gasteiger partial charge in [0.15, 0.2) is 6.04 Å². The number of carbonyl (C=O) groups excluding carboxylic acids is 4. The lowest BCUT2D eigenvalue weighted by Gasteiger charge is -2.27. The van der Waals surface area contributed by atoms with E-state index in [1.807, 2.05) is 5.32 Å². The molecule has 5 amide bonds. The molecule has 1 fully saturated rings. The smallest absolute Gasteiger partial charge is 0.316 e. The molecule has 0 unspecified atom stereocenters. The minimum absolute atomic E-state index is 0.0158. The van der Waals surface area contributed by atoms with Crippen LogP contribution in [-0.4, -0.2) is 62.5 Å². The van der Waals surface area contributed by atoms with E-state index in [2.05, 4.69) is 5.32 Å². The van der Waals surface area contributed by atoms with E-state index < -0.39 is 36.9 Å². The van der Waals surface area contributed by atoms with Gasteiger partial charge >= 0.3 is 6.03 Å². The molecule has 0 aliphatic carbocycles. The Labute approximate surface area is 158 Å². The van der Waals surface area contributed by atoms with E-state index in [0.29, 0.717) is 18.8 Å². The number of benzene rings is 1. The van der Waals surface area contributed by atoms with Crippen LogP contribution in [0.4, 0.5) is 25.0 Å². The van der Waals surface area contributed by atoms with Crippen molar-refractivity contribution >= 4 is 35.1 Å². The fraction of sp³-hybridized carbons (Fsp3) is 0.375. The molecule has 10 nitrogen and oxygen atoms in total. The van der Waals surface area contributed by atoms with Crippen LogP contribution in [0, 0.1) is 0 Å². The fourth-order valence-corrected chi connectivity index (χ4v) is 2.35. The van der Waals surface area contributed by atoms with Crippen molar-refractivity contribution in [2.24, 2.45) is 5.73 Å². The van der Waals surface area contributed by atoms with Crippen molar-refractivity contribution in [2.75, 3.05) is 36.5 Å². The number of anilines is 2. The zero-order valence-corrected chi connectivity index (χ0v) is 14.6. The highest BCUT2D eigenvalue weighted by atomic mass is 19.3. The molecule has 0 spiro atoms. The summed E-state index contributed by atoms with van der Waals surface area (Å²) in [5, 5.41) is 6.10. The summed E-state index contributed by atoms with van der Waals surface area (Å²) in [6, 6.07) is 3.25. The number of carbonyl (C=O) groups is 4. The van der Waals surface area contributed by atoms with Gasteiger partial charge in [0.2, 0.25) is 5.91 Å². The average molecular weight is 399 g/mol. The lowest BCUT2D eigenvalue weighted by atomic mass is 10.2. The van der Waals surface area contributed by atoms with Gasteiger partial charge in [-0.15, -0.1) is 0 Å². The lowest BCUT2D eigenvalue weighted by molar-refractivity contribution is -0.128. The first-order valence-electron chi connectivity index (χ1n) is 8.19. The number of urea groups is 1. The summed E-state index contributed by atoms with van der Waals surface area (Å²) in [7, 11) is 0. The van der Waals surface area contributed by atoms with Gasteiger partial charge in [-0.3, -0.25) is 14.4 Å². The first-order chi connectivity index (χ1) is 13.3. The molecule has 5 N–H and O–H groups in total. The molecule has 0 saturated carbocycles. The number of rotatable bonds is 7. The molecule has 1 aliphatic heterocycles. The maximum Gasteiger partial charge on any atom is 0.316 e. The van der Waals surface area contributed by atoms with Gasteiger partial charge in [0.1, 0.15) is 6.61 Å². The van der Waals surface area contributed by atoms with E-state index in [1.165, 1.54) is 17.0 Å². The molecule has 1 heterocycles. The van der Waals surface area contributed by atoms with Gasteiger partial charge in [-0.25, -0.2) is 13.6 Å². The van der Waals surface area contributed by atoms with Crippen molar-refractivity contribution in [1.82, 2.24) is 10.6 Å². The summed E-state index contributed by atoms with van der Waals surface area (Å²) in [4.78, 5) is 48.4. The molecular formula is C16H19F2N5O5. The molecule has 1 aromatic rings. The molecular weight excluding hydrogens is 380 g/mol. The van der Waals surface area contributed by atoms with Crippen LogP contribution in [-0.2, 0) is 19.1 Å². The number of halogens is 2. The number of ether oxygens (including phenoxy) is 1. The summed E-state index contributed by atoms with van der Waals surface area (Å²) < 4.78 is 29.2. The molecule has 1 atom stereocenters. The Morgan fingerprint density at radius 2 is 1.89 bits per heavy atom. The van der Waals surface area contributed by atoms with Gasteiger partial charge in [0.05, 0.1) is 13.2 Å². The van der Waals surface area contributed by atoms with E-state index in [1.54, 1.807) is 17.4 Å². The second-order valence-corrected chi connectivity index (χ2v) is 5.71. The van der Waals surface area contributed by atoms with Crippen molar-refractivity contribution in [3.05, 3.63) is 24.3 Å². The second kappa shape index (κ2) is 9.60. The van der Waals surface area contributed by atoms with Gasteiger partial charge in [-0.05, 0) is 24.3 Å². The third-order valence-electron chi connectivity index (χ3n) is 3.67. The van der Waals surface area contributed by atoms with E-state index in [-0.39, 0.29) is 18.2 Å². The summed E-state index contributed by atoms with van der Waals surface area (Å²) >= 11 is 0. The molecule has 1 saturated heterocycles. The highest BCUT2D eigenvalue weighted by Crippen LogP contribution is 2.19. The van der Waals surface area contributed by atoms with Crippen molar-refractivity contribution < 1.29 is 32.7 Å². The second-order valence-electron chi connectivity index (χ2n) is 5.71. The third-order valence-corrected chi connectivity index (χ3v) is 3.67. The topological polar surface area (TPSA) is 143 Å². The van der Waals surface area contributed by atoms with Crippen molar-refractivity contribution in [3.8, 4) is 0 Å². The Hall–Kier alpha value is -3.28. The van der Waals surface area contributed by atoms with E-state index in [9.17, 15) is 28.0 Å². The summed E-state index contributed by atoms with van der Waals surface area (Å²) in [6.45, 7) is -0.158. The Morgan fingerprint density at radius 3 is 2.46 bits per heavy atom. The predicted molar refractivity (Wildman–Crippen MR) is 93.8 cm³/mol. The first-order valence-corrected chi connectivity index (χ1v) is 8.19. The van der Waals surface area contributed by atoms with Gasteiger partial charge in [0.25, 0.3) is 18.2 Å². The molecule has 1 aliphatic rings. The zero-order valence-electron chi connectivity index (χ0n) is 14.6. The Morgan fingerprint density at radius 1 is 1.21 bits per heavy atom. The summed E-state index contributed by atoms with van der Waals surface area (Å²) in [5.41, 5.74) is 5.96. The third kappa shape index (κ3) is 5.87. The number of alkyl halides is 2. The molecule has 1 aromatic carbocycles. The number of nitrogens with zero attached hydrogens (tertiary/aromatic N) is 1. The average Bonchev–Trinajstić information content (AvgIpc) is 2.65. The maximum absolute atomic E-state index is 12.2. The minimum Gasteiger partial charge on any atom is -0.370 e. The maximum atomic E-state index is 12.2. The van der Waals surface area contributed by atoms with Crippen LogP contribution in [0.15, 0.2) is 24.3 Å². The van der Waals surface area contributed by atoms with Crippen LogP contribution in [0.2, 0.25) is 0 Å². The molecule has 0 radical (unpaired) electrons. The lowest BCUT2D eigenvalue weighted by Crippen LogP contribution is -2.54. The molecule has 12 heteroatoms. The SMILES string of the molecule is NC(=O)[C@@H](NC(=O)NCC(F)F)C(=O)Nc1ccc(N2CCOCC2=O)cc1. The van der Waals surface area contributed by atoms with Gasteiger partial charge < -0.3 is 31.3 Å². The molecule has 0 bridgehead atoms. The van der Waals surface area contributed by atoms with Crippen molar-refractivity contribution in [1.29, 1.82) is 0 Å². The van der Waals surface area contributed by atoms with Crippen LogP contribution in [0.5, 0.6) is 0 Å². The van der Waals surface area contributed by atoms with E-state index in [4.69, 9.17) is 10.5 Å². The monoisotopic (exact) mass is 399 g/mol. The van der Waals surface area contributed by atoms with Crippen LogP contribution < -0.4 is 26.6 Å². The van der Waals surface area contributed by atoms with Crippen LogP contribution in [0.3, 0.4) is 0 Å². The number of hydrogen-bond acceptors (Lipinski definition) is 5. The minimum atomic E-state index is -2.79. The highest BCUT2D eigenvalue weighted by molar-refractivity contribution is 6.11. The highest BCUT2D eigenvalue weighted by Gasteiger charge is 2.27. The number of nitrogens with two attached hydrogens (primary N) is 1. The fourth-order valence-electron chi connectivity index (χ4n) is 2.35. The number of morpholine rings is 1. The first kappa shape index (κ1) is 21.0. The van der Waals surface area contributed by atoms with Crippen molar-refractivity contribution in [2.45, 2.75) is 12.5 Å². The van der Waals surface area contributed by atoms with Crippen LogP contribution >= 0.6 is 0 Å². The van der Waals surface area contributed by atoms with Crippen LogP contribution in [0.25, 0.3) is 0 Å². The van der Waals surface area contributed by atoms with Crippen molar-refractivity contribution in [3.63, 3.8) is 0 Å². The van der Waals surface area contributed by atoms with Gasteiger partial charge in [-0.1, -0.05) is 0 Å². The number of nitrogens with one attached hydrogen (secondary N) is 3. The van der Waals surface area contributed by atoms with Gasteiger partial charge in [0, 0.05) is 17.9 Å². The Balaban J connectivity index is 1.98. The molecule has 28 heavy (non-hydrogen) atoms.